The van der Waals surface area contributed by atoms with Crippen LogP contribution < -0.4 is 14.8 Å². The van der Waals surface area contributed by atoms with Crippen LogP contribution in [0.15, 0.2) is 34.7 Å². The molecule has 0 aliphatic heterocycles. The highest BCUT2D eigenvalue weighted by Gasteiger charge is 2.10. The topological polar surface area (TPSA) is 43.6 Å². The van der Waals surface area contributed by atoms with Gasteiger partial charge in [0.15, 0.2) is 11.5 Å². The molecule has 20 heavy (non-hydrogen) atoms. The average Bonchev–Trinajstić information content (AvgIpc) is 2.89. The summed E-state index contributed by atoms with van der Waals surface area (Å²) in [7, 11) is 3.28. The van der Waals surface area contributed by atoms with Gasteiger partial charge in [0.2, 0.25) is 0 Å². The van der Waals surface area contributed by atoms with Gasteiger partial charge in [-0.2, -0.15) is 0 Å². The zero-order valence-electron chi connectivity index (χ0n) is 12.4. The van der Waals surface area contributed by atoms with Gasteiger partial charge in [-0.05, 0) is 43.7 Å². The molecule has 1 aromatic carbocycles. The molecule has 1 N–H and O–H groups in total. The molecule has 0 amide bonds. The minimum absolute atomic E-state index is 0.195. The lowest BCUT2D eigenvalue weighted by atomic mass is 10.1. The molecule has 4 heteroatoms. The highest BCUT2D eigenvalue weighted by Crippen LogP contribution is 2.29. The molecule has 1 atom stereocenters. The van der Waals surface area contributed by atoms with Crippen molar-refractivity contribution in [1.82, 2.24) is 5.32 Å². The molecule has 0 spiro atoms. The van der Waals surface area contributed by atoms with Crippen LogP contribution in [0.3, 0.4) is 0 Å². The number of nitrogens with one attached hydrogen (secondary N) is 1. The van der Waals surface area contributed by atoms with Crippen molar-refractivity contribution in [2.24, 2.45) is 0 Å². The first-order valence-electron chi connectivity index (χ1n) is 6.64. The number of furan rings is 1. The van der Waals surface area contributed by atoms with E-state index in [2.05, 4.69) is 12.2 Å². The highest BCUT2D eigenvalue weighted by molar-refractivity contribution is 5.43. The molecule has 0 fully saturated rings. The van der Waals surface area contributed by atoms with Crippen molar-refractivity contribution >= 4 is 0 Å². The smallest absolute Gasteiger partial charge is 0.161 e. The average molecular weight is 275 g/mol. The van der Waals surface area contributed by atoms with Crippen LogP contribution in [0.2, 0.25) is 0 Å². The second kappa shape index (κ2) is 6.48. The van der Waals surface area contributed by atoms with Crippen molar-refractivity contribution in [3.05, 3.63) is 47.4 Å². The summed E-state index contributed by atoms with van der Waals surface area (Å²) in [5.74, 6) is 3.35. The number of methoxy groups -OCH3 is 2. The minimum Gasteiger partial charge on any atom is -0.493 e. The van der Waals surface area contributed by atoms with Gasteiger partial charge in [-0.15, -0.1) is 0 Å². The SMILES string of the molecule is COc1ccc(C(C)NCc2ccc(C)o2)cc1OC. The molecule has 1 unspecified atom stereocenters. The van der Waals surface area contributed by atoms with Crippen LogP contribution in [-0.4, -0.2) is 14.2 Å². The van der Waals surface area contributed by atoms with Crippen LogP contribution in [-0.2, 0) is 6.54 Å². The van der Waals surface area contributed by atoms with Crippen LogP contribution >= 0.6 is 0 Å². The summed E-state index contributed by atoms with van der Waals surface area (Å²) < 4.78 is 16.1. The molecule has 4 nitrogen and oxygen atoms in total. The van der Waals surface area contributed by atoms with Gasteiger partial charge in [0, 0.05) is 6.04 Å². The normalized spacial score (nSPS) is 12.2. The Balaban J connectivity index is 2.03. The monoisotopic (exact) mass is 275 g/mol. The summed E-state index contributed by atoms with van der Waals surface area (Å²) in [6.07, 6.45) is 0. The number of rotatable bonds is 6. The van der Waals surface area contributed by atoms with Crippen molar-refractivity contribution < 1.29 is 13.9 Å². The Morgan fingerprint density at radius 3 is 2.45 bits per heavy atom. The van der Waals surface area contributed by atoms with Crippen molar-refractivity contribution in [3.63, 3.8) is 0 Å². The number of ether oxygens (including phenoxy) is 2. The quantitative estimate of drug-likeness (QED) is 0.877. The van der Waals surface area contributed by atoms with Gasteiger partial charge in [0.25, 0.3) is 0 Å². The van der Waals surface area contributed by atoms with Gasteiger partial charge in [0.05, 0.1) is 20.8 Å². The summed E-state index contributed by atoms with van der Waals surface area (Å²) >= 11 is 0. The van der Waals surface area contributed by atoms with E-state index < -0.39 is 0 Å². The molecule has 2 aromatic rings. The van der Waals surface area contributed by atoms with Gasteiger partial charge >= 0.3 is 0 Å². The minimum atomic E-state index is 0.195. The largest absolute Gasteiger partial charge is 0.493 e. The number of aryl methyl sites for hydroxylation is 1. The van der Waals surface area contributed by atoms with Crippen LogP contribution in [0.25, 0.3) is 0 Å². The van der Waals surface area contributed by atoms with E-state index >= 15 is 0 Å². The zero-order valence-corrected chi connectivity index (χ0v) is 12.4. The Labute approximate surface area is 119 Å². The molecule has 0 saturated heterocycles. The van der Waals surface area contributed by atoms with E-state index in [4.69, 9.17) is 13.9 Å². The summed E-state index contributed by atoms with van der Waals surface area (Å²) in [5, 5.41) is 3.43. The fourth-order valence-corrected chi connectivity index (χ4v) is 2.07. The standard InChI is InChI=1S/C16H21NO3/c1-11-5-7-14(20-11)10-17-12(2)13-6-8-15(18-3)16(9-13)19-4/h5-9,12,17H,10H2,1-4H3. The molecule has 0 radical (unpaired) electrons. The Hall–Kier alpha value is -1.94. The third-order valence-electron chi connectivity index (χ3n) is 3.29. The molecule has 0 aliphatic carbocycles. The Kier molecular flexibility index (Phi) is 4.69. The van der Waals surface area contributed by atoms with Gasteiger partial charge in [-0.3, -0.25) is 0 Å². The van der Waals surface area contributed by atoms with E-state index in [1.165, 1.54) is 0 Å². The fourth-order valence-electron chi connectivity index (χ4n) is 2.07. The van der Waals surface area contributed by atoms with Crippen molar-refractivity contribution in [1.29, 1.82) is 0 Å². The highest BCUT2D eigenvalue weighted by atomic mass is 16.5. The molecular weight excluding hydrogens is 254 g/mol. The van der Waals surface area contributed by atoms with E-state index in [-0.39, 0.29) is 6.04 Å². The van der Waals surface area contributed by atoms with Gasteiger partial charge < -0.3 is 19.2 Å². The first kappa shape index (κ1) is 14.5. The summed E-state index contributed by atoms with van der Waals surface area (Å²) in [5.41, 5.74) is 1.14. The predicted octanol–water partition coefficient (Wildman–Crippen LogP) is 3.46. The van der Waals surface area contributed by atoms with Crippen LogP contribution in [0, 0.1) is 6.92 Å². The zero-order chi connectivity index (χ0) is 14.5. The third kappa shape index (κ3) is 3.33. The fraction of sp³-hybridized carbons (Fsp3) is 0.375. The second-order valence-electron chi connectivity index (χ2n) is 4.73. The number of hydrogen-bond acceptors (Lipinski definition) is 4. The predicted molar refractivity (Wildman–Crippen MR) is 78.2 cm³/mol. The van der Waals surface area contributed by atoms with E-state index in [9.17, 15) is 0 Å². The Morgan fingerprint density at radius 2 is 1.85 bits per heavy atom. The van der Waals surface area contributed by atoms with Gasteiger partial charge in [-0.1, -0.05) is 6.07 Å². The van der Waals surface area contributed by atoms with Crippen LogP contribution in [0.1, 0.15) is 30.0 Å². The molecule has 1 aromatic heterocycles. The molecule has 0 bridgehead atoms. The second-order valence-corrected chi connectivity index (χ2v) is 4.73. The van der Waals surface area contributed by atoms with Crippen molar-refractivity contribution in [3.8, 4) is 11.5 Å². The Morgan fingerprint density at radius 1 is 1.10 bits per heavy atom. The maximum absolute atomic E-state index is 5.54. The van der Waals surface area contributed by atoms with Crippen molar-refractivity contribution in [2.75, 3.05) is 14.2 Å². The summed E-state index contributed by atoms with van der Waals surface area (Å²) in [4.78, 5) is 0. The molecule has 108 valence electrons. The van der Waals surface area contributed by atoms with Crippen LogP contribution in [0.4, 0.5) is 0 Å². The van der Waals surface area contributed by atoms with E-state index in [1.807, 2.05) is 37.3 Å². The van der Waals surface area contributed by atoms with E-state index in [0.29, 0.717) is 6.54 Å². The maximum atomic E-state index is 5.54. The lowest BCUT2D eigenvalue weighted by Gasteiger charge is -2.16. The first-order chi connectivity index (χ1) is 9.63. The maximum Gasteiger partial charge on any atom is 0.161 e. The molecule has 0 aliphatic rings. The van der Waals surface area contributed by atoms with Gasteiger partial charge in [-0.25, -0.2) is 0 Å². The van der Waals surface area contributed by atoms with Crippen molar-refractivity contribution in [2.45, 2.75) is 26.4 Å². The summed E-state index contributed by atoms with van der Waals surface area (Å²) in [6.45, 7) is 4.75. The van der Waals surface area contributed by atoms with Crippen LogP contribution in [0.5, 0.6) is 11.5 Å². The lowest BCUT2D eigenvalue weighted by Crippen LogP contribution is -2.17. The number of benzene rings is 1. The molecule has 1 heterocycles. The summed E-state index contributed by atoms with van der Waals surface area (Å²) in [6, 6.07) is 10.1. The Bertz CT molecular complexity index is 563. The lowest BCUT2D eigenvalue weighted by molar-refractivity contribution is 0.354. The third-order valence-corrected chi connectivity index (χ3v) is 3.29. The van der Waals surface area contributed by atoms with E-state index in [0.717, 1.165) is 28.6 Å². The van der Waals surface area contributed by atoms with E-state index in [1.54, 1.807) is 14.2 Å². The van der Waals surface area contributed by atoms with Gasteiger partial charge in [0.1, 0.15) is 11.5 Å². The molecule has 2 rings (SSSR count). The molecule has 0 saturated carbocycles. The first-order valence-corrected chi connectivity index (χ1v) is 6.64. The molecular formula is C16H21NO3. The number of hydrogen-bond donors (Lipinski definition) is 1.